The summed E-state index contributed by atoms with van der Waals surface area (Å²) in [6.45, 7) is 5.20. The van der Waals surface area contributed by atoms with Crippen molar-refractivity contribution in [1.82, 2.24) is 14.7 Å². The standard InChI is InChI=1S/C22H33N3O3/c1-17(2)14-25-20(28)24(15-19(26)27)16-21(25)10-12-22(13-11-21,23(3)4)18-8-6-5-7-9-18/h5-9,17H,10-16H2,1-4H3,(H,26,27). The Labute approximate surface area is 168 Å². The van der Waals surface area contributed by atoms with Crippen LogP contribution in [0.25, 0.3) is 0 Å². The van der Waals surface area contributed by atoms with Gasteiger partial charge < -0.3 is 14.9 Å². The van der Waals surface area contributed by atoms with E-state index in [-0.39, 0.29) is 23.7 Å². The number of carboxylic acid groups (broad SMARTS) is 1. The lowest BCUT2D eigenvalue weighted by molar-refractivity contribution is -0.137. The Morgan fingerprint density at radius 1 is 1.14 bits per heavy atom. The van der Waals surface area contributed by atoms with Gasteiger partial charge in [0.2, 0.25) is 0 Å². The van der Waals surface area contributed by atoms with Crippen LogP contribution in [0, 0.1) is 5.92 Å². The maximum Gasteiger partial charge on any atom is 0.323 e. The van der Waals surface area contributed by atoms with E-state index in [1.54, 1.807) is 0 Å². The van der Waals surface area contributed by atoms with Gasteiger partial charge in [-0.2, -0.15) is 0 Å². The Morgan fingerprint density at radius 3 is 2.25 bits per heavy atom. The van der Waals surface area contributed by atoms with Crippen molar-refractivity contribution in [3.05, 3.63) is 35.9 Å². The zero-order valence-electron chi connectivity index (χ0n) is 17.5. The van der Waals surface area contributed by atoms with Gasteiger partial charge >= 0.3 is 12.0 Å². The number of hydrogen-bond acceptors (Lipinski definition) is 3. The number of amides is 2. The van der Waals surface area contributed by atoms with Crippen LogP contribution < -0.4 is 0 Å². The molecular formula is C22H33N3O3. The Kier molecular flexibility index (Phi) is 5.71. The SMILES string of the molecule is CC(C)CN1C(=O)N(CC(=O)O)CC12CCC(c1ccccc1)(N(C)C)CC2. The molecule has 154 valence electrons. The van der Waals surface area contributed by atoms with Gasteiger partial charge in [-0.15, -0.1) is 0 Å². The van der Waals surface area contributed by atoms with Gasteiger partial charge in [-0.05, 0) is 51.3 Å². The largest absolute Gasteiger partial charge is 0.480 e. The quantitative estimate of drug-likeness (QED) is 0.814. The second-order valence-corrected chi connectivity index (χ2v) is 9.05. The molecule has 1 aromatic rings. The number of aliphatic carboxylic acids is 1. The molecule has 0 atom stereocenters. The number of rotatable bonds is 6. The van der Waals surface area contributed by atoms with Gasteiger partial charge in [0.15, 0.2) is 0 Å². The molecule has 2 fully saturated rings. The molecule has 0 bridgehead atoms. The molecule has 1 aliphatic carbocycles. The molecule has 2 aliphatic rings. The summed E-state index contributed by atoms with van der Waals surface area (Å²) in [4.78, 5) is 30.1. The van der Waals surface area contributed by atoms with Crippen molar-refractivity contribution in [3.8, 4) is 0 Å². The average molecular weight is 388 g/mol. The lowest BCUT2D eigenvalue weighted by Crippen LogP contribution is -2.56. The first kappa shape index (κ1) is 20.6. The fourth-order valence-corrected chi connectivity index (χ4v) is 5.11. The zero-order chi connectivity index (χ0) is 20.5. The Bertz CT molecular complexity index is 709. The number of carbonyl (C=O) groups excluding carboxylic acids is 1. The van der Waals surface area contributed by atoms with Crippen LogP contribution in [0.15, 0.2) is 30.3 Å². The molecule has 28 heavy (non-hydrogen) atoms. The van der Waals surface area contributed by atoms with E-state index >= 15 is 0 Å². The van der Waals surface area contributed by atoms with Gasteiger partial charge in [-0.1, -0.05) is 44.2 Å². The third kappa shape index (κ3) is 3.62. The van der Waals surface area contributed by atoms with Crippen molar-refractivity contribution >= 4 is 12.0 Å². The Balaban J connectivity index is 1.88. The van der Waals surface area contributed by atoms with Gasteiger partial charge in [0.1, 0.15) is 6.54 Å². The normalized spacial score (nSPS) is 28.0. The van der Waals surface area contributed by atoms with Crippen LogP contribution in [0.3, 0.4) is 0 Å². The summed E-state index contributed by atoms with van der Waals surface area (Å²) in [5.74, 6) is -0.599. The van der Waals surface area contributed by atoms with E-state index in [1.807, 2.05) is 11.0 Å². The van der Waals surface area contributed by atoms with Crippen molar-refractivity contribution in [3.63, 3.8) is 0 Å². The summed E-state index contributed by atoms with van der Waals surface area (Å²) in [6, 6.07) is 10.5. The third-order valence-electron chi connectivity index (χ3n) is 6.61. The smallest absolute Gasteiger partial charge is 0.323 e. The number of benzene rings is 1. The fourth-order valence-electron chi connectivity index (χ4n) is 5.11. The molecule has 6 heteroatoms. The molecule has 0 aromatic heterocycles. The van der Waals surface area contributed by atoms with Gasteiger partial charge in [-0.3, -0.25) is 9.69 Å². The molecule has 1 saturated carbocycles. The first-order valence-corrected chi connectivity index (χ1v) is 10.2. The molecule has 1 heterocycles. The predicted molar refractivity (Wildman–Crippen MR) is 109 cm³/mol. The molecule has 1 spiro atoms. The van der Waals surface area contributed by atoms with Crippen molar-refractivity contribution in [2.24, 2.45) is 5.92 Å². The zero-order valence-corrected chi connectivity index (χ0v) is 17.5. The number of urea groups is 1. The highest BCUT2D eigenvalue weighted by Crippen LogP contribution is 2.49. The highest BCUT2D eigenvalue weighted by Gasteiger charge is 2.54. The van der Waals surface area contributed by atoms with E-state index in [0.717, 1.165) is 25.7 Å². The van der Waals surface area contributed by atoms with Crippen molar-refractivity contribution in [1.29, 1.82) is 0 Å². The minimum Gasteiger partial charge on any atom is -0.480 e. The van der Waals surface area contributed by atoms with Crippen LogP contribution in [-0.4, -0.2) is 71.1 Å². The monoisotopic (exact) mass is 387 g/mol. The van der Waals surface area contributed by atoms with Crippen LogP contribution >= 0.6 is 0 Å². The molecule has 2 amide bonds. The average Bonchev–Trinajstić information content (AvgIpc) is 2.88. The second-order valence-electron chi connectivity index (χ2n) is 9.05. The van der Waals surface area contributed by atoms with Crippen molar-refractivity contribution < 1.29 is 14.7 Å². The second kappa shape index (κ2) is 7.74. The molecule has 1 aromatic carbocycles. The number of nitrogens with zero attached hydrogens (tertiary/aromatic N) is 3. The minimum atomic E-state index is -0.947. The fraction of sp³-hybridized carbons (Fsp3) is 0.636. The van der Waals surface area contributed by atoms with Crippen LogP contribution in [0.5, 0.6) is 0 Å². The molecule has 0 unspecified atom stereocenters. The number of carboxylic acids is 1. The maximum absolute atomic E-state index is 13.0. The van der Waals surface area contributed by atoms with Crippen LogP contribution in [0.2, 0.25) is 0 Å². The van der Waals surface area contributed by atoms with E-state index < -0.39 is 5.97 Å². The molecular weight excluding hydrogens is 354 g/mol. The topological polar surface area (TPSA) is 64.1 Å². The summed E-state index contributed by atoms with van der Waals surface area (Å²) in [5.41, 5.74) is 1.02. The van der Waals surface area contributed by atoms with Crippen LogP contribution in [0.4, 0.5) is 4.79 Å². The summed E-state index contributed by atoms with van der Waals surface area (Å²) in [6.07, 6.45) is 3.67. The lowest BCUT2D eigenvalue weighted by Gasteiger charge is -2.51. The maximum atomic E-state index is 13.0. The summed E-state index contributed by atoms with van der Waals surface area (Å²) in [7, 11) is 4.26. The van der Waals surface area contributed by atoms with Gasteiger partial charge in [0.05, 0.1) is 5.54 Å². The van der Waals surface area contributed by atoms with E-state index in [1.165, 1.54) is 10.5 Å². The van der Waals surface area contributed by atoms with E-state index in [0.29, 0.717) is 19.0 Å². The number of carbonyl (C=O) groups is 2. The first-order chi connectivity index (χ1) is 13.2. The van der Waals surface area contributed by atoms with Gasteiger partial charge in [-0.25, -0.2) is 4.79 Å². The molecule has 0 radical (unpaired) electrons. The van der Waals surface area contributed by atoms with Crippen LogP contribution in [0.1, 0.15) is 45.1 Å². The molecule has 1 saturated heterocycles. The van der Waals surface area contributed by atoms with Gasteiger partial charge in [0.25, 0.3) is 0 Å². The predicted octanol–water partition coefficient (Wildman–Crippen LogP) is 3.23. The molecule has 1 aliphatic heterocycles. The van der Waals surface area contributed by atoms with E-state index in [4.69, 9.17) is 0 Å². The summed E-state index contributed by atoms with van der Waals surface area (Å²) < 4.78 is 0. The van der Waals surface area contributed by atoms with Crippen molar-refractivity contribution in [2.75, 3.05) is 33.7 Å². The highest BCUT2D eigenvalue weighted by atomic mass is 16.4. The summed E-state index contributed by atoms with van der Waals surface area (Å²) >= 11 is 0. The third-order valence-corrected chi connectivity index (χ3v) is 6.61. The van der Waals surface area contributed by atoms with Crippen molar-refractivity contribution in [2.45, 2.75) is 50.6 Å². The summed E-state index contributed by atoms with van der Waals surface area (Å²) in [5, 5.41) is 9.23. The highest BCUT2D eigenvalue weighted by molar-refractivity contribution is 5.83. The molecule has 6 nitrogen and oxygen atoms in total. The minimum absolute atomic E-state index is 0.0424. The van der Waals surface area contributed by atoms with Gasteiger partial charge in [0, 0.05) is 18.6 Å². The first-order valence-electron chi connectivity index (χ1n) is 10.2. The number of hydrogen-bond donors (Lipinski definition) is 1. The molecule has 3 rings (SSSR count). The molecule has 1 N–H and O–H groups in total. The van der Waals surface area contributed by atoms with Crippen LogP contribution in [-0.2, 0) is 10.3 Å². The Morgan fingerprint density at radius 2 is 1.75 bits per heavy atom. The lowest BCUT2D eigenvalue weighted by atomic mass is 9.68. The Hall–Kier alpha value is -2.08. The van der Waals surface area contributed by atoms with E-state index in [2.05, 4.69) is 57.1 Å². The van der Waals surface area contributed by atoms with E-state index in [9.17, 15) is 14.7 Å².